The van der Waals surface area contributed by atoms with Crippen molar-refractivity contribution >= 4 is 23.5 Å². The molecule has 1 unspecified atom stereocenters. The van der Waals surface area contributed by atoms with Crippen molar-refractivity contribution in [3.05, 3.63) is 65.7 Å². The van der Waals surface area contributed by atoms with Crippen LogP contribution in [0.1, 0.15) is 49.5 Å². The third-order valence-corrected chi connectivity index (χ3v) is 4.68. The molecular weight excluding hydrogens is 356 g/mol. The Morgan fingerprint density at radius 1 is 1.00 bits per heavy atom. The Morgan fingerprint density at radius 3 is 2.18 bits per heavy atom. The van der Waals surface area contributed by atoms with Gasteiger partial charge in [0, 0.05) is 17.7 Å². The number of rotatable bonds is 8. The molecule has 6 nitrogen and oxygen atoms in total. The minimum atomic E-state index is -1.10. The molecule has 2 rings (SSSR count). The van der Waals surface area contributed by atoms with E-state index in [1.807, 2.05) is 18.2 Å². The van der Waals surface area contributed by atoms with E-state index in [-0.39, 0.29) is 11.3 Å². The normalized spacial score (nSPS) is 12.1. The topological polar surface area (TPSA) is 95.5 Å². The number of amides is 2. The van der Waals surface area contributed by atoms with Crippen LogP contribution in [0.4, 0.5) is 5.69 Å². The first-order valence-electron chi connectivity index (χ1n) is 9.18. The van der Waals surface area contributed by atoms with Crippen LogP contribution in [0.5, 0.6) is 0 Å². The number of carbonyl (C=O) groups excluding carboxylic acids is 2. The SMILES string of the molecule is CC(NC(=O)c1ccc(NC(=O)CCC(C)(C)c2ccccc2)cc1)C(=O)O. The number of hydrogen-bond acceptors (Lipinski definition) is 3. The van der Waals surface area contributed by atoms with E-state index in [1.165, 1.54) is 12.5 Å². The van der Waals surface area contributed by atoms with Crippen LogP contribution in [-0.4, -0.2) is 28.9 Å². The van der Waals surface area contributed by atoms with E-state index in [0.717, 1.165) is 0 Å². The number of benzene rings is 2. The van der Waals surface area contributed by atoms with Gasteiger partial charge >= 0.3 is 5.97 Å². The smallest absolute Gasteiger partial charge is 0.325 e. The molecule has 0 heterocycles. The molecule has 0 saturated heterocycles. The summed E-state index contributed by atoms with van der Waals surface area (Å²) in [5, 5.41) is 14.0. The van der Waals surface area contributed by atoms with Crippen molar-refractivity contribution in [2.75, 3.05) is 5.32 Å². The molecule has 3 N–H and O–H groups in total. The minimum absolute atomic E-state index is 0.0966. The fourth-order valence-corrected chi connectivity index (χ4v) is 2.73. The van der Waals surface area contributed by atoms with Gasteiger partial charge in [0.25, 0.3) is 5.91 Å². The van der Waals surface area contributed by atoms with Crippen LogP contribution in [0.3, 0.4) is 0 Å². The van der Waals surface area contributed by atoms with Crippen LogP contribution in [0.2, 0.25) is 0 Å². The summed E-state index contributed by atoms with van der Waals surface area (Å²) in [4.78, 5) is 35.1. The number of aliphatic carboxylic acids is 1. The van der Waals surface area contributed by atoms with Crippen molar-refractivity contribution in [2.45, 2.75) is 45.1 Å². The van der Waals surface area contributed by atoms with Gasteiger partial charge in [0.05, 0.1) is 0 Å². The lowest BCUT2D eigenvalue weighted by atomic mass is 9.80. The highest BCUT2D eigenvalue weighted by Gasteiger charge is 2.21. The largest absolute Gasteiger partial charge is 0.480 e. The van der Waals surface area contributed by atoms with E-state index in [1.54, 1.807) is 24.3 Å². The lowest BCUT2D eigenvalue weighted by molar-refractivity contribution is -0.138. The van der Waals surface area contributed by atoms with Gasteiger partial charge in [-0.2, -0.15) is 0 Å². The van der Waals surface area contributed by atoms with Crippen LogP contribution >= 0.6 is 0 Å². The highest BCUT2D eigenvalue weighted by molar-refractivity contribution is 5.97. The van der Waals surface area contributed by atoms with E-state index >= 15 is 0 Å². The molecule has 2 aromatic carbocycles. The van der Waals surface area contributed by atoms with Gasteiger partial charge in [0.2, 0.25) is 5.91 Å². The Bertz CT molecular complexity index is 829. The molecule has 0 aliphatic carbocycles. The predicted octanol–water partition coefficient (Wildman–Crippen LogP) is 3.59. The third kappa shape index (κ3) is 5.94. The summed E-state index contributed by atoms with van der Waals surface area (Å²) in [6.07, 6.45) is 1.08. The second-order valence-corrected chi connectivity index (χ2v) is 7.41. The summed E-state index contributed by atoms with van der Waals surface area (Å²) >= 11 is 0. The van der Waals surface area contributed by atoms with Gasteiger partial charge in [-0.15, -0.1) is 0 Å². The molecule has 0 bridgehead atoms. The molecule has 0 radical (unpaired) electrons. The summed E-state index contributed by atoms with van der Waals surface area (Å²) in [5.74, 6) is -1.67. The summed E-state index contributed by atoms with van der Waals surface area (Å²) < 4.78 is 0. The van der Waals surface area contributed by atoms with Crippen LogP contribution in [0, 0.1) is 0 Å². The lowest BCUT2D eigenvalue weighted by Gasteiger charge is -2.25. The lowest BCUT2D eigenvalue weighted by Crippen LogP contribution is -2.38. The van der Waals surface area contributed by atoms with Crippen molar-refractivity contribution in [3.63, 3.8) is 0 Å². The van der Waals surface area contributed by atoms with Crippen molar-refractivity contribution < 1.29 is 19.5 Å². The molecule has 0 spiro atoms. The Balaban J connectivity index is 1.89. The summed E-state index contributed by atoms with van der Waals surface area (Å²) in [5.41, 5.74) is 2.00. The van der Waals surface area contributed by atoms with E-state index in [4.69, 9.17) is 5.11 Å². The van der Waals surface area contributed by atoms with E-state index in [2.05, 4.69) is 36.6 Å². The first kappa shape index (κ1) is 21.2. The number of hydrogen-bond donors (Lipinski definition) is 3. The molecule has 0 aromatic heterocycles. The summed E-state index contributed by atoms with van der Waals surface area (Å²) in [6.45, 7) is 5.62. The van der Waals surface area contributed by atoms with Gasteiger partial charge < -0.3 is 15.7 Å². The number of nitrogens with one attached hydrogen (secondary N) is 2. The predicted molar refractivity (Wildman–Crippen MR) is 108 cm³/mol. The standard InChI is InChI=1S/C22H26N2O4/c1-15(21(27)28)23-20(26)16-9-11-18(12-10-16)24-19(25)13-14-22(2,3)17-7-5-4-6-8-17/h4-12,15H,13-14H2,1-3H3,(H,23,26)(H,24,25)(H,27,28). The average molecular weight is 382 g/mol. The fraction of sp³-hybridized carbons (Fsp3) is 0.318. The molecule has 0 aliphatic rings. The van der Waals surface area contributed by atoms with Crippen LogP contribution in [0.25, 0.3) is 0 Å². The average Bonchev–Trinajstić information content (AvgIpc) is 2.67. The quantitative estimate of drug-likeness (QED) is 0.650. The molecule has 0 saturated carbocycles. The van der Waals surface area contributed by atoms with Crippen molar-refractivity contribution in [1.29, 1.82) is 0 Å². The number of carboxylic acids is 1. The molecule has 2 aromatic rings. The van der Waals surface area contributed by atoms with Crippen molar-refractivity contribution in [1.82, 2.24) is 5.32 Å². The number of carbonyl (C=O) groups is 3. The van der Waals surface area contributed by atoms with Gasteiger partial charge in [-0.3, -0.25) is 14.4 Å². The fourth-order valence-electron chi connectivity index (χ4n) is 2.73. The van der Waals surface area contributed by atoms with Gasteiger partial charge in [0.1, 0.15) is 6.04 Å². The number of anilines is 1. The third-order valence-electron chi connectivity index (χ3n) is 4.68. The maximum absolute atomic E-state index is 12.3. The highest BCUT2D eigenvalue weighted by Crippen LogP contribution is 2.28. The second kappa shape index (κ2) is 9.17. The van der Waals surface area contributed by atoms with E-state index < -0.39 is 17.9 Å². The summed E-state index contributed by atoms with van der Waals surface area (Å²) in [6, 6.07) is 15.5. The zero-order valence-electron chi connectivity index (χ0n) is 16.4. The van der Waals surface area contributed by atoms with Crippen LogP contribution < -0.4 is 10.6 Å². The van der Waals surface area contributed by atoms with E-state index in [0.29, 0.717) is 24.1 Å². The van der Waals surface area contributed by atoms with Gasteiger partial charge in [-0.25, -0.2) is 0 Å². The first-order chi connectivity index (χ1) is 13.2. The van der Waals surface area contributed by atoms with E-state index in [9.17, 15) is 14.4 Å². The second-order valence-electron chi connectivity index (χ2n) is 7.41. The van der Waals surface area contributed by atoms with Gasteiger partial charge in [-0.1, -0.05) is 44.2 Å². The van der Waals surface area contributed by atoms with Crippen molar-refractivity contribution in [2.24, 2.45) is 0 Å². The van der Waals surface area contributed by atoms with Crippen LogP contribution in [-0.2, 0) is 15.0 Å². The Hall–Kier alpha value is -3.15. The molecular formula is C22H26N2O4. The summed E-state index contributed by atoms with van der Waals surface area (Å²) in [7, 11) is 0. The first-order valence-corrected chi connectivity index (χ1v) is 9.18. The molecule has 0 fully saturated rings. The zero-order valence-corrected chi connectivity index (χ0v) is 16.4. The molecule has 28 heavy (non-hydrogen) atoms. The Morgan fingerprint density at radius 2 is 1.61 bits per heavy atom. The Labute approximate surface area is 165 Å². The zero-order chi connectivity index (χ0) is 20.7. The maximum atomic E-state index is 12.3. The maximum Gasteiger partial charge on any atom is 0.325 e. The number of carboxylic acid groups (broad SMARTS) is 1. The molecule has 148 valence electrons. The Kier molecular flexibility index (Phi) is 6.93. The highest BCUT2D eigenvalue weighted by atomic mass is 16.4. The molecule has 6 heteroatoms. The molecule has 2 amide bonds. The minimum Gasteiger partial charge on any atom is -0.480 e. The van der Waals surface area contributed by atoms with Crippen molar-refractivity contribution in [3.8, 4) is 0 Å². The van der Waals surface area contributed by atoms with Gasteiger partial charge in [-0.05, 0) is 48.6 Å². The molecule has 0 aliphatic heterocycles. The van der Waals surface area contributed by atoms with Crippen LogP contribution in [0.15, 0.2) is 54.6 Å². The monoisotopic (exact) mass is 382 g/mol. The van der Waals surface area contributed by atoms with Gasteiger partial charge in [0.15, 0.2) is 0 Å². The molecule has 1 atom stereocenters.